The Labute approximate surface area is 183 Å². The van der Waals surface area contributed by atoms with Gasteiger partial charge in [-0.2, -0.15) is 13.2 Å². The van der Waals surface area contributed by atoms with Crippen LogP contribution in [0.15, 0.2) is 48.5 Å². The van der Waals surface area contributed by atoms with Crippen LogP contribution in [0.2, 0.25) is 0 Å². The first-order valence-corrected chi connectivity index (χ1v) is 10.0. The number of anilines is 2. The molecule has 0 bridgehead atoms. The lowest BCUT2D eigenvalue weighted by Crippen LogP contribution is -2.39. The second-order valence-electron chi connectivity index (χ2n) is 7.37. The molecule has 1 aliphatic heterocycles. The number of carbonyl (C=O) groups excluding carboxylic acids is 3. The Morgan fingerprint density at radius 3 is 2.19 bits per heavy atom. The number of nitrogens with zero attached hydrogens (tertiary/aromatic N) is 2. The van der Waals surface area contributed by atoms with E-state index in [4.69, 9.17) is 0 Å². The van der Waals surface area contributed by atoms with Crippen LogP contribution in [0.5, 0.6) is 0 Å². The molecule has 0 atom stereocenters. The maximum atomic E-state index is 13.5. The van der Waals surface area contributed by atoms with Crippen molar-refractivity contribution in [1.82, 2.24) is 9.80 Å². The molecule has 3 rings (SSSR count). The van der Waals surface area contributed by atoms with Crippen LogP contribution in [0.4, 0.5) is 29.3 Å². The number of urea groups is 1. The molecule has 2 aromatic rings. The van der Waals surface area contributed by atoms with Gasteiger partial charge in [-0.15, -0.1) is 0 Å². The molecule has 0 spiro atoms. The van der Waals surface area contributed by atoms with Gasteiger partial charge in [-0.1, -0.05) is 18.2 Å². The average molecular weight is 448 g/mol. The SMILES string of the molecule is CC(=O)Nc1ccc(NC(=O)N2CCCN(C(=O)c3ccccc3)CC2)c(C(F)(F)F)c1. The van der Waals surface area contributed by atoms with Crippen LogP contribution >= 0.6 is 0 Å². The Kier molecular flexibility index (Phi) is 7.01. The first-order chi connectivity index (χ1) is 15.1. The molecule has 2 aromatic carbocycles. The van der Waals surface area contributed by atoms with E-state index in [0.717, 1.165) is 12.1 Å². The van der Waals surface area contributed by atoms with E-state index in [0.29, 0.717) is 25.1 Å². The van der Waals surface area contributed by atoms with E-state index >= 15 is 0 Å². The van der Waals surface area contributed by atoms with Crippen LogP contribution in [0.1, 0.15) is 29.3 Å². The third-order valence-electron chi connectivity index (χ3n) is 4.98. The predicted molar refractivity (Wildman–Crippen MR) is 113 cm³/mol. The van der Waals surface area contributed by atoms with Gasteiger partial charge in [0, 0.05) is 44.4 Å². The number of rotatable bonds is 3. The number of hydrogen-bond donors (Lipinski definition) is 2. The first-order valence-electron chi connectivity index (χ1n) is 10.0. The van der Waals surface area contributed by atoms with E-state index in [1.165, 1.54) is 17.9 Å². The highest BCUT2D eigenvalue weighted by molar-refractivity contribution is 5.95. The van der Waals surface area contributed by atoms with Crippen LogP contribution in [0, 0.1) is 0 Å². The minimum Gasteiger partial charge on any atom is -0.337 e. The van der Waals surface area contributed by atoms with E-state index in [-0.39, 0.29) is 24.7 Å². The number of amides is 4. The van der Waals surface area contributed by atoms with Gasteiger partial charge in [0.2, 0.25) is 5.91 Å². The van der Waals surface area contributed by atoms with Crippen molar-refractivity contribution < 1.29 is 27.6 Å². The van der Waals surface area contributed by atoms with Crippen LogP contribution < -0.4 is 10.6 Å². The molecule has 10 heteroatoms. The molecule has 2 N–H and O–H groups in total. The van der Waals surface area contributed by atoms with Gasteiger partial charge in [0.1, 0.15) is 0 Å². The molecular formula is C22H23F3N4O3. The fourth-order valence-corrected chi connectivity index (χ4v) is 3.45. The van der Waals surface area contributed by atoms with Crippen LogP contribution in [-0.2, 0) is 11.0 Å². The normalized spacial score (nSPS) is 14.5. The molecular weight excluding hydrogens is 425 g/mol. The van der Waals surface area contributed by atoms with Gasteiger partial charge in [0.05, 0.1) is 11.3 Å². The van der Waals surface area contributed by atoms with E-state index in [1.807, 2.05) is 6.07 Å². The van der Waals surface area contributed by atoms with Gasteiger partial charge in [-0.3, -0.25) is 9.59 Å². The van der Waals surface area contributed by atoms with Crippen LogP contribution in [0.25, 0.3) is 0 Å². The molecule has 32 heavy (non-hydrogen) atoms. The molecule has 1 aliphatic rings. The fraction of sp³-hybridized carbons (Fsp3) is 0.318. The lowest BCUT2D eigenvalue weighted by Gasteiger charge is -2.23. The van der Waals surface area contributed by atoms with Gasteiger partial charge in [-0.25, -0.2) is 4.79 Å². The van der Waals surface area contributed by atoms with Gasteiger partial charge in [-0.05, 0) is 36.8 Å². The zero-order valence-corrected chi connectivity index (χ0v) is 17.4. The van der Waals surface area contributed by atoms with Crippen LogP contribution in [-0.4, -0.2) is 53.8 Å². The topological polar surface area (TPSA) is 81.8 Å². The molecule has 1 fully saturated rings. The number of hydrogen-bond acceptors (Lipinski definition) is 3. The van der Waals surface area contributed by atoms with Crippen molar-refractivity contribution in [3.63, 3.8) is 0 Å². The zero-order chi connectivity index (χ0) is 23.3. The maximum absolute atomic E-state index is 13.5. The first kappa shape index (κ1) is 23.1. The highest BCUT2D eigenvalue weighted by atomic mass is 19.4. The van der Waals surface area contributed by atoms with Gasteiger partial charge in [0.25, 0.3) is 5.91 Å². The third-order valence-corrected chi connectivity index (χ3v) is 4.98. The van der Waals surface area contributed by atoms with E-state index in [1.54, 1.807) is 29.2 Å². The number of halogens is 3. The lowest BCUT2D eigenvalue weighted by atomic mass is 10.1. The maximum Gasteiger partial charge on any atom is 0.418 e. The minimum atomic E-state index is -4.73. The van der Waals surface area contributed by atoms with Crippen molar-refractivity contribution in [3.05, 3.63) is 59.7 Å². The van der Waals surface area contributed by atoms with E-state index < -0.39 is 29.4 Å². The minimum absolute atomic E-state index is 0.0207. The summed E-state index contributed by atoms with van der Waals surface area (Å²) in [4.78, 5) is 39.5. The van der Waals surface area contributed by atoms with Gasteiger partial charge >= 0.3 is 12.2 Å². The Hall–Kier alpha value is -3.56. The fourth-order valence-electron chi connectivity index (χ4n) is 3.45. The summed E-state index contributed by atoms with van der Waals surface area (Å²) in [6, 6.07) is 11.2. The predicted octanol–water partition coefficient (Wildman–Crippen LogP) is 4.04. The Morgan fingerprint density at radius 2 is 1.53 bits per heavy atom. The van der Waals surface area contributed by atoms with Gasteiger partial charge < -0.3 is 20.4 Å². The van der Waals surface area contributed by atoms with Crippen molar-refractivity contribution in [1.29, 1.82) is 0 Å². The standard InChI is InChI=1S/C22H23F3N4O3/c1-15(30)26-17-8-9-19(18(14-17)22(23,24)25)27-21(32)29-11-5-10-28(12-13-29)20(31)16-6-3-2-4-7-16/h2-4,6-9,14H,5,10-13H2,1H3,(H,26,30)(H,27,32). The highest BCUT2D eigenvalue weighted by Crippen LogP contribution is 2.36. The van der Waals surface area contributed by atoms with Crippen molar-refractivity contribution in [2.24, 2.45) is 0 Å². The molecule has 0 radical (unpaired) electrons. The Balaban J connectivity index is 1.69. The Bertz CT molecular complexity index is 996. The molecule has 1 saturated heterocycles. The molecule has 0 unspecified atom stereocenters. The summed E-state index contributed by atoms with van der Waals surface area (Å²) in [5, 5.41) is 4.62. The quantitative estimate of drug-likeness (QED) is 0.744. The second kappa shape index (κ2) is 9.71. The summed E-state index contributed by atoms with van der Waals surface area (Å²) < 4.78 is 40.5. The number of carbonyl (C=O) groups is 3. The van der Waals surface area contributed by atoms with E-state index in [2.05, 4.69) is 10.6 Å². The molecule has 7 nitrogen and oxygen atoms in total. The largest absolute Gasteiger partial charge is 0.418 e. The summed E-state index contributed by atoms with van der Waals surface area (Å²) in [6.45, 7) is 2.39. The number of alkyl halides is 3. The van der Waals surface area contributed by atoms with Crippen LogP contribution in [0.3, 0.4) is 0 Å². The summed E-state index contributed by atoms with van der Waals surface area (Å²) in [5.41, 5.74) is -0.946. The van der Waals surface area contributed by atoms with Crippen molar-refractivity contribution >= 4 is 29.2 Å². The molecule has 0 aliphatic carbocycles. The highest BCUT2D eigenvalue weighted by Gasteiger charge is 2.35. The smallest absolute Gasteiger partial charge is 0.337 e. The lowest BCUT2D eigenvalue weighted by molar-refractivity contribution is -0.137. The molecule has 4 amide bonds. The van der Waals surface area contributed by atoms with E-state index in [9.17, 15) is 27.6 Å². The molecule has 0 aromatic heterocycles. The summed E-state index contributed by atoms with van der Waals surface area (Å²) in [6.07, 6.45) is -4.23. The zero-order valence-electron chi connectivity index (χ0n) is 17.4. The number of benzene rings is 2. The summed E-state index contributed by atoms with van der Waals surface area (Å²) in [5.74, 6) is -0.658. The summed E-state index contributed by atoms with van der Waals surface area (Å²) >= 11 is 0. The number of nitrogens with one attached hydrogen (secondary N) is 2. The molecule has 1 heterocycles. The molecule has 170 valence electrons. The average Bonchev–Trinajstić information content (AvgIpc) is 3.00. The van der Waals surface area contributed by atoms with Gasteiger partial charge in [0.15, 0.2) is 0 Å². The third kappa shape index (κ3) is 5.77. The Morgan fingerprint density at radius 1 is 0.875 bits per heavy atom. The van der Waals surface area contributed by atoms with Crippen molar-refractivity contribution in [2.75, 3.05) is 36.8 Å². The molecule has 0 saturated carbocycles. The summed E-state index contributed by atoms with van der Waals surface area (Å²) in [7, 11) is 0. The van der Waals surface area contributed by atoms with Crippen molar-refractivity contribution in [3.8, 4) is 0 Å². The monoisotopic (exact) mass is 448 g/mol. The second-order valence-corrected chi connectivity index (χ2v) is 7.37. The van der Waals surface area contributed by atoms with Crippen molar-refractivity contribution in [2.45, 2.75) is 19.5 Å².